The summed E-state index contributed by atoms with van der Waals surface area (Å²) >= 11 is 0. The smallest absolute Gasteiger partial charge is 0.262 e. The van der Waals surface area contributed by atoms with Gasteiger partial charge in [-0.1, -0.05) is 60.7 Å². The number of oxazole rings is 1. The summed E-state index contributed by atoms with van der Waals surface area (Å²) in [6.45, 7) is 2.15. The molecule has 2 aliphatic heterocycles. The van der Waals surface area contributed by atoms with Gasteiger partial charge in [0.05, 0.1) is 0 Å². The van der Waals surface area contributed by atoms with Crippen molar-refractivity contribution in [1.29, 1.82) is 0 Å². The Labute approximate surface area is 262 Å². The van der Waals surface area contributed by atoms with Gasteiger partial charge in [-0.25, -0.2) is 4.39 Å². The number of piperidine rings is 1. The van der Waals surface area contributed by atoms with Crippen molar-refractivity contribution in [2.24, 2.45) is 5.92 Å². The van der Waals surface area contributed by atoms with Gasteiger partial charge in [0.1, 0.15) is 21.7 Å². The second-order valence-corrected chi connectivity index (χ2v) is 15.2. The van der Waals surface area contributed by atoms with Gasteiger partial charge in [0.25, 0.3) is 16.9 Å². The largest absolute Gasteiger partial charge is 0.416 e. The lowest BCUT2D eigenvalue weighted by atomic mass is 9.83. The van der Waals surface area contributed by atoms with Crippen LogP contribution in [-0.4, -0.2) is 22.6 Å². The number of benzene rings is 4. The molecular formula is C38H32FN3O2P+. The van der Waals surface area contributed by atoms with E-state index < -0.39 is 7.26 Å². The summed E-state index contributed by atoms with van der Waals surface area (Å²) in [6, 6.07) is 43.9. The maximum atomic E-state index is 14.0. The first-order chi connectivity index (χ1) is 22.1. The maximum Gasteiger partial charge on any atom is 0.262 e. The van der Waals surface area contributed by atoms with E-state index in [1.165, 1.54) is 28.0 Å². The molecule has 4 aromatic carbocycles. The van der Waals surface area contributed by atoms with Crippen molar-refractivity contribution in [3.8, 4) is 11.5 Å². The van der Waals surface area contributed by atoms with Crippen LogP contribution in [0, 0.1) is 11.7 Å². The molecule has 222 valence electrons. The summed E-state index contributed by atoms with van der Waals surface area (Å²) in [5.41, 5.74) is 2.77. The molecule has 2 aliphatic rings. The molecule has 0 unspecified atom stereocenters. The Morgan fingerprint density at radius 3 is 1.89 bits per heavy atom. The van der Waals surface area contributed by atoms with Crippen LogP contribution in [0.5, 0.6) is 0 Å². The lowest BCUT2D eigenvalue weighted by molar-refractivity contribution is 0.275. The molecule has 0 amide bonds. The highest BCUT2D eigenvalue weighted by Crippen LogP contribution is 2.56. The highest BCUT2D eigenvalue weighted by molar-refractivity contribution is 8.01. The lowest BCUT2D eigenvalue weighted by Crippen LogP contribution is -2.49. The van der Waals surface area contributed by atoms with Gasteiger partial charge >= 0.3 is 0 Å². The minimum absolute atomic E-state index is 0.0665. The zero-order valence-electron chi connectivity index (χ0n) is 24.7. The van der Waals surface area contributed by atoms with E-state index in [1.807, 2.05) is 28.8 Å². The third-order valence-corrected chi connectivity index (χ3v) is 13.3. The number of fused-ring (bicyclic) bond motifs is 4. The average Bonchev–Trinajstić information content (AvgIpc) is 3.53. The first kappa shape index (κ1) is 27.7. The van der Waals surface area contributed by atoms with Gasteiger partial charge in [0.2, 0.25) is 5.89 Å². The van der Waals surface area contributed by atoms with Crippen molar-refractivity contribution in [3.05, 3.63) is 155 Å². The third-order valence-electron chi connectivity index (χ3n) is 9.20. The van der Waals surface area contributed by atoms with E-state index >= 15 is 0 Å². The summed E-state index contributed by atoms with van der Waals surface area (Å²) in [5, 5.41) is 3.53. The first-order valence-corrected chi connectivity index (χ1v) is 17.2. The fraction of sp³-hybridized carbons (Fsp3) is 0.158. The Bertz CT molecular complexity index is 1910. The van der Waals surface area contributed by atoms with Gasteiger partial charge in [-0.05, 0) is 79.1 Å². The fourth-order valence-electron chi connectivity index (χ4n) is 7.28. The fourth-order valence-corrected chi connectivity index (χ4v) is 11.5. The third kappa shape index (κ3) is 4.72. The second-order valence-electron chi connectivity index (χ2n) is 11.9. The molecule has 2 atom stereocenters. The SMILES string of the molecule is O=c1cccc2n1C[C@H]1C[C@H]2CN(c2oc(-c3ccc(F)cc3)nc2[P+](c2ccccc2)(c2ccccc2)c2ccccc2)C1. The van der Waals surface area contributed by atoms with E-state index in [1.54, 1.807) is 18.2 Å². The van der Waals surface area contributed by atoms with Crippen LogP contribution in [0.2, 0.25) is 0 Å². The number of rotatable bonds is 6. The van der Waals surface area contributed by atoms with E-state index in [2.05, 4.69) is 83.8 Å². The second kappa shape index (κ2) is 11.3. The molecule has 4 heterocycles. The van der Waals surface area contributed by atoms with Gasteiger partial charge in [0.15, 0.2) is 7.26 Å². The molecule has 6 aromatic rings. The van der Waals surface area contributed by atoms with Crippen LogP contribution in [0.25, 0.3) is 11.5 Å². The van der Waals surface area contributed by atoms with Gasteiger partial charge < -0.3 is 13.9 Å². The van der Waals surface area contributed by atoms with Crippen LogP contribution in [0.3, 0.4) is 0 Å². The zero-order chi connectivity index (χ0) is 30.4. The van der Waals surface area contributed by atoms with E-state index in [-0.39, 0.29) is 17.3 Å². The Morgan fingerprint density at radius 1 is 0.689 bits per heavy atom. The molecule has 7 heteroatoms. The molecule has 2 bridgehead atoms. The minimum Gasteiger partial charge on any atom is -0.416 e. The van der Waals surface area contributed by atoms with Crippen molar-refractivity contribution in [2.45, 2.75) is 18.9 Å². The molecule has 0 N–H and O–H groups in total. The van der Waals surface area contributed by atoms with Gasteiger partial charge in [0, 0.05) is 42.9 Å². The monoisotopic (exact) mass is 612 g/mol. The van der Waals surface area contributed by atoms with Crippen LogP contribution in [-0.2, 0) is 6.54 Å². The molecule has 0 aliphatic carbocycles. The summed E-state index contributed by atoms with van der Waals surface area (Å²) in [4.78, 5) is 20.5. The van der Waals surface area contributed by atoms with Gasteiger partial charge in [-0.2, -0.15) is 4.98 Å². The van der Waals surface area contributed by atoms with Gasteiger partial charge in [-0.15, -0.1) is 0 Å². The van der Waals surface area contributed by atoms with E-state index in [0.717, 1.165) is 35.5 Å². The van der Waals surface area contributed by atoms with E-state index in [4.69, 9.17) is 9.40 Å². The molecule has 8 rings (SSSR count). The Hall–Kier alpha value is -4.80. The molecular weight excluding hydrogens is 580 g/mol. The van der Waals surface area contributed by atoms with Crippen molar-refractivity contribution in [2.75, 3.05) is 18.0 Å². The number of aromatic nitrogens is 2. The standard InChI is InChI=1S/C38H32FN3O2P/c39-30-21-19-28(20-22-30)36-40-37(38(44-36)41-24-27-23-29(26-41)34-17-10-18-35(43)42(34)25-27)45(31-11-4-1-5-12-31,32-13-6-2-7-14-32)33-15-8-3-9-16-33/h1-22,27,29H,23-26H2/q+1/t27-,29-/m0/s1. The molecule has 1 saturated heterocycles. The van der Waals surface area contributed by atoms with Crippen LogP contribution in [0.4, 0.5) is 10.3 Å². The topological polar surface area (TPSA) is 51.3 Å². The summed E-state index contributed by atoms with van der Waals surface area (Å²) in [6.07, 6.45) is 1.03. The summed E-state index contributed by atoms with van der Waals surface area (Å²) in [5.74, 6) is 1.40. The normalized spacial score (nSPS) is 17.6. The van der Waals surface area contributed by atoms with Crippen LogP contribution < -0.4 is 31.8 Å². The molecule has 1 fully saturated rings. The number of hydrogen-bond acceptors (Lipinski definition) is 4. The van der Waals surface area contributed by atoms with Crippen molar-refractivity contribution in [1.82, 2.24) is 9.55 Å². The van der Waals surface area contributed by atoms with Crippen molar-refractivity contribution < 1.29 is 8.81 Å². The van der Waals surface area contributed by atoms with Crippen LogP contribution in [0.1, 0.15) is 18.0 Å². The predicted molar refractivity (Wildman–Crippen MR) is 180 cm³/mol. The average molecular weight is 613 g/mol. The number of anilines is 1. The van der Waals surface area contributed by atoms with Crippen molar-refractivity contribution >= 4 is 34.5 Å². The molecule has 0 spiro atoms. The maximum absolute atomic E-state index is 14.0. The quantitative estimate of drug-likeness (QED) is 0.221. The molecule has 0 radical (unpaired) electrons. The number of pyridine rings is 1. The predicted octanol–water partition coefficient (Wildman–Crippen LogP) is 5.89. The van der Waals surface area contributed by atoms with Crippen molar-refractivity contribution in [3.63, 3.8) is 0 Å². The molecule has 0 saturated carbocycles. The highest BCUT2D eigenvalue weighted by Gasteiger charge is 2.54. The lowest BCUT2D eigenvalue weighted by Gasteiger charge is -2.42. The Balaban J connectivity index is 1.39. The number of hydrogen-bond donors (Lipinski definition) is 0. The molecule has 45 heavy (non-hydrogen) atoms. The summed E-state index contributed by atoms with van der Waals surface area (Å²) < 4.78 is 22.9. The van der Waals surface area contributed by atoms with E-state index in [0.29, 0.717) is 24.9 Å². The number of halogens is 1. The van der Waals surface area contributed by atoms with Gasteiger partial charge in [-0.3, -0.25) is 4.79 Å². The number of nitrogens with zero attached hydrogens (tertiary/aromatic N) is 3. The molecule has 2 aromatic heterocycles. The minimum atomic E-state index is -2.60. The Kier molecular flexibility index (Phi) is 6.95. The van der Waals surface area contributed by atoms with E-state index in [9.17, 15) is 9.18 Å². The highest BCUT2D eigenvalue weighted by atomic mass is 31.2. The Morgan fingerprint density at radius 2 is 1.29 bits per heavy atom. The first-order valence-electron chi connectivity index (χ1n) is 15.4. The molecule has 5 nitrogen and oxygen atoms in total. The van der Waals surface area contributed by atoms with Crippen LogP contribution in [0.15, 0.2) is 143 Å². The zero-order valence-corrected chi connectivity index (χ0v) is 25.6. The van der Waals surface area contributed by atoms with Crippen LogP contribution >= 0.6 is 7.26 Å². The summed E-state index contributed by atoms with van der Waals surface area (Å²) in [7, 11) is -2.60.